The monoisotopic (exact) mass is 187 g/mol. The SMILES string of the molecule is NNC(=O)N1CCCC1CCCO. The number of aliphatic hydroxyl groups excluding tert-OH is 1. The summed E-state index contributed by atoms with van der Waals surface area (Å²) >= 11 is 0. The first kappa shape index (κ1) is 10.3. The van der Waals surface area contributed by atoms with Gasteiger partial charge in [-0.25, -0.2) is 10.6 Å². The fraction of sp³-hybridized carbons (Fsp3) is 0.875. The second kappa shape index (κ2) is 5.04. The van der Waals surface area contributed by atoms with Crippen molar-refractivity contribution in [2.45, 2.75) is 31.7 Å². The molecule has 1 atom stereocenters. The number of likely N-dealkylation sites (tertiary alicyclic amines) is 1. The maximum atomic E-state index is 11.2. The van der Waals surface area contributed by atoms with Crippen molar-refractivity contribution >= 4 is 6.03 Å². The van der Waals surface area contributed by atoms with E-state index in [-0.39, 0.29) is 18.7 Å². The summed E-state index contributed by atoms with van der Waals surface area (Å²) in [4.78, 5) is 13.0. The van der Waals surface area contributed by atoms with E-state index >= 15 is 0 Å². The molecule has 2 amide bonds. The number of hydrogen-bond acceptors (Lipinski definition) is 3. The fourth-order valence-electron chi connectivity index (χ4n) is 1.81. The van der Waals surface area contributed by atoms with Crippen molar-refractivity contribution in [3.8, 4) is 0 Å². The van der Waals surface area contributed by atoms with Gasteiger partial charge in [-0.15, -0.1) is 0 Å². The van der Waals surface area contributed by atoms with E-state index in [2.05, 4.69) is 5.43 Å². The Morgan fingerprint density at radius 1 is 1.69 bits per heavy atom. The molecule has 1 aliphatic heterocycles. The van der Waals surface area contributed by atoms with E-state index in [0.29, 0.717) is 0 Å². The number of hydrogen-bond donors (Lipinski definition) is 3. The van der Waals surface area contributed by atoms with Gasteiger partial charge in [-0.2, -0.15) is 0 Å². The summed E-state index contributed by atoms with van der Waals surface area (Å²) in [6.07, 6.45) is 3.67. The summed E-state index contributed by atoms with van der Waals surface area (Å²) in [7, 11) is 0. The molecule has 0 aliphatic carbocycles. The molecule has 5 nitrogen and oxygen atoms in total. The van der Waals surface area contributed by atoms with Gasteiger partial charge < -0.3 is 10.0 Å². The minimum absolute atomic E-state index is 0.189. The van der Waals surface area contributed by atoms with Crippen LogP contribution in [0.4, 0.5) is 4.79 Å². The molecule has 1 aliphatic rings. The quantitative estimate of drug-likeness (QED) is 0.325. The highest BCUT2D eigenvalue weighted by atomic mass is 16.3. The first-order valence-corrected chi connectivity index (χ1v) is 4.67. The van der Waals surface area contributed by atoms with Crippen molar-refractivity contribution in [1.29, 1.82) is 0 Å². The molecule has 1 rings (SSSR count). The Morgan fingerprint density at radius 2 is 2.46 bits per heavy atom. The van der Waals surface area contributed by atoms with Gasteiger partial charge in [-0.3, -0.25) is 5.43 Å². The van der Waals surface area contributed by atoms with Crippen molar-refractivity contribution in [3.05, 3.63) is 0 Å². The number of rotatable bonds is 3. The van der Waals surface area contributed by atoms with E-state index in [1.54, 1.807) is 4.90 Å². The number of aliphatic hydroxyl groups is 1. The summed E-state index contributed by atoms with van der Waals surface area (Å²) in [6.45, 7) is 0.966. The van der Waals surface area contributed by atoms with Crippen LogP contribution in [0.25, 0.3) is 0 Å². The third-order valence-electron chi connectivity index (χ3n) is 2.46. The molecule has 0 aromatic carbocycles. The first-order valence-electron chi connectivity index (χ1n) is 4.67. The lowest BCUT2D eigenvalue weighted by Gasteiger charge is -2.23. The van der Waals surface area contributed by atoms with Gasteiger partial charge in [0.25, 0.3) is 0 Å². The van der Waals surface area contributed by atoms with Gasteiger partial charge in [0.2, 0.25) is 0 Å². The van der Waals surface area contributed by atoms with Gasteiger partial charge in [0.05, 0.1) is 0 Å². The lowest BCUT2D eigenvalue weighted by molar-refractivity contribution is 0.185. The van der Waals surface area contributed by atoms with Crippen LogP contribution in [0.3, 0.4) is 0 Å². The van der Waals surface area contributed by atoms with Crippen LogP contribution in [0.5, 0.6) is 0 Å². The topological polar surface area (TPSA) is 78.6 Å². The number of nitrogens with one attached hydrogen (secondary N) is 1. The van der Waals surface area contributed by atoms with Gasteiger partial charge in [-0.05, 0) is 25.7 Å². The Kier molecular flexibility index (Phi) is 3.98. The van der Waals surface area contributed by atoms with E-state index in [9.17, 15) is 4.79 Å². The molecule has 0 bridgehead atoms. The van der Waals surface area contributed by atoms with Gasteiger partial charge in [0, 0.05) is 19.2 Å². The standard InChI is InChI=1S/C8H17N3O2/c9-10-8(13)11-5-1-3-7(11)4-2-6-12/h7,12H,1-6,9H2,(H,10,13). The van der Waals surface area contributed by atoms with Crippen molar-refractivity contribution in [2.75, 3.05) is 13.2 Å². The van der Waals surface area contributed by atoms with Gasteiger partial charge in [0.1, 0.15) is 0 Å². The molecule has 1 fully saturated rings. The van der Waals surface area contributed by atoms with Crippen molar-refractivity contribution < 1.29 is 9.90 Å². The van der Waals surface area contributed by atoms with Crippen LogP contribution >= 0.6 is 0 Å². The number of urea groups is 1. The molecule has 0 aromatic heterocycles. The van der Waals surface area contributed by atoms with E-state index < -0.39 is 0 Å². The highest BCUT2D eigenvalue weighted by Gasteiger charge is 2.27. The van der Waals surface area contributed by atoms with Gasteiger partial charge in [0.15, 0.2) is 0 Å². The zero-order chi connectivity index (χ0) is 9.68. The van der Waals surface area contributed by atoms with Crippen LogP contribution in [0.15, 0.2) is 0 Å². The number of carbonyl (C=O) groups excluding carboxylic acids is 1. The van der Waals surface area contributed by atoms with Crippen LogP contribution in [-0.4, -0.2) is 35.2 Å². The lowest BCUT2D eigenvalue weighted by atomic mass is 10.1. The predicted octanol–water partition coefficient (Wildman–Crippen LogP) is -0.193. The molecular formula is C8H17N3O2. The average Bonchev–Trinajstić information content (AvgIpc) is 2.61. The molecular weight excluding hydrogens is 170 g/mol. The number of carbonyl (C=O) groups is 1. The van der Waals surface area contributed by atoms with Gasteiger partial charge >= 0.3 is 6.03 Å². The summed E-state index contributed by atoms with van der Waals surface area (Å²) in [5.41, 5.74) is 2.14. The highest BCUT2D eigenvalue weighted by Crippen LogP contribution is 2.20. The number of nitrogens with zero attached hydrogens (tertiary/aromatic N) is 1. The molecule has 0 radical (unpaired) electrons. The van der Waals surface area contributed by atoms with Crippen LogP contribution in [0.1, 0.15) is 25.7 Å². The highest BCUT2D eigenvalue weighted by molar-refractivity contribution is 5.74. The summed E-state index contributed by atoms with van der Waals surface area (Å²) in [5.74, 6) is 5.05. The summed E-state index contributed by atoms with van der Waals surface area (Å²) in [6, 6.07) is 0.0520. The van der Waals surface area contributed by atoms with Crippen molar-refractivity contribution in [2.24, 2.45) is 5.84 Å². The van der Waals surface area contributed by atoms with E-state index in [0.717, 1.165) is 32.2 Å². The minimum atomic E-state index is -0.208. The summed E-state index contributed by atoms with van der Waals surface area (Å²) < 4.78 is 0. The fourth-order valence-corrected chi connectivity index (χ4v) is 1.81. The second-order valence-electron chi connectivity index (χ2n) is 3.30. The van der Waals surface area contributed by atoms with E-state index in [1.807, 2.05) is 0 Å². The molecule has 76 valence electrons. The Labute approximate surface area is 77.9 Å². The van der Waals surface area contributed by atoms with Crippen molar-refractivity contribution in [3.63, 3.8) is 0 Å². The molecule has 0 spiro atoms. The third kappa shape index (κ3) is 2.57. The maximum Gasteiger partial charge on any atom is 0.331 e. The number of nitrogens with two attached hydrogens (primary N) is 1. The normalized spacial score (nSPS) is 22.0. The molecule has 13 heavy (non-hydrogen) atoms. The lowest BCUT2D eigenvalue weighted by Crippen LogP contribution is -2.45. The third-order valence-corrected chi connectivity index (χ3v) is 2.46. The zero-order valence-corrected chi connectivity index (χ0v) is 7.70. The van der Waals surface area contributed by atoms with Gasteiger partial charge in [-0.1, -0.05) is 0 Å². The Morgan fingerprint density at radius 3 is 3.08 bits per heavy atom. The molecule has 4 N–H and O–H groups in total. The second-order valence-corrected chi connectivity index (χ2v) is 3.30. The molecule has 1 saturated heterocycles. The molecule has 0 aromatic rings. The maximum absolute atomic E-state index is 11.2. The largest absolute Gasteiger partial charge is 0.396 e. The molecule has 1 unspecified atom stereocenters. The van der Waals surface area contributed by atoms with Crippen LogP contribution in [-0.2, 0) is 0 Å². The van der Waals surface area contributed by atoms with E-state index in [4.69, 9.17) is 10.9 Å². The minimum Gasteiger partial charge on any atom is -0.396 e. The molecule has 1 heterocycles. The van der Waals surface area contributed by atoms with Crippen LogP contribution < -0.4 is 11.3 Å². The molecule has 0 saturated carbocycles. The van der Waals surface area contributed by atoms with E-state index in [1.165, 1.54) is 0 Å². The van der Waals surface area contributed by atoms with Crippen LogP contribution in [0, 0.1) is 0 Å². The zero-order valence-electron chi connectivity index (χ0n) is 7.70. The number of amides is 2. The summed E-state index contributed by atoms with van der Waals surface area (Å²) in [5, 5.41) is 8.66. The predicted molar refractivity (Wildman–Crippen MR) is 48.8 cm³/mol. The molecule has 5 heteroatoms. The Hall–Kier alpha value is -0.810. The first-order chi connectivity index (χ1) is 6.29. The number of hydrazine groups is 1. The van der Waals surface area contributed by atoms with Crippen molar-refractivity contribution in [1.82, 2.24) is 10.3 Å². The Balaban J connectivity index is 2.39. The van der Waals surface area contributed by atoms with Crippen LogP contribution in [0.2, 0.25) is 0 Å². The Bertz CT molecular complexity index is 175. The average molecular weight is 187 g/mol. The smallest absolute Gasteiger partial charge is 0.331 e.